The van der Waals surface area contributed by atoms with Gasteiger partial charge in [-0.3, -0.25) is 4.79 Å². The van der Waals surface area contributed by atoms with Crippen LogP contribution in [0.15, 0.2) is 48.5 Å². The molecule has 146 valence electrons. The number of benzene rings is 2. The molecule has 1 N–H and O–H groups in total. The molecule has 0 fully saturated rings. The minimum atomic E-state index is -0.818. The number of nitrogens with one attached hydrogen (secondary N) is 1. The molecule has 1 amide bonds. The molecule has 0 spiro atoms. The van der Waals surface area contributed by atoms with E-state index in [1.54, 1.807) is 25.1 Å². The second-order valence-corrected chi connectivity index (χ2v) is 6.31. The highest BCUT2D eigenvalue weighted by Gasteiger charge is 2.23. The SMILES string of the molecule is Cc1nn(-c2ccc(F)cc2)c(Cl)c1C(=O)OCC(=O)Nc1cccc(C#N)c1. The largest absolute Gasteiger partial charge is 0.452 e. The van der Waals surface area contributed by atoms with Gasteiger partial charge in [-0.05, 0) is 49.4 Å². The number of nitrogens with zero attached hydrogens (tertiary/aromatic N) is 3. The molecule has 0 saturated heterocycles. The van der Waals surface area contributed by atoms with Crippen LogP contribution in [0, 0.1) is 24.1 Å². The van der Waals surface area contributed by atoms with Crippen LogP contribution in [0.4, 0.5) is 10.1 Å². The number of amides is 1. The quantitative estimate of drug-likeness (QED) is 0.645. The monoisotopic (exact) mass is 412 g/mol. The van der Waals surface area contributed by atoms with E-state index in [9.17, 15) is 14.0 Å². The van der Waals surface area contributed by atoms with Crippen molar-refractivity contribution < 1.29 is 18.7 Å². The Labute approximate surface area is 170 Å². The van der Waals surface area contributed by atoms with E-state index in [1.165, 1.54) is 35.0 Å². The Balaban J connectivity index is 1.68. The number of carbonyl (C=O) groups excluding carboxylic acids is 2. The Morgan fingerprint density at radius 1 is 1.28 bits per heavy atom. The van der Waals surface area contributed by atoms with E-state index in [0.717, 1.165) is 0 Å². The third-order valence-corrected chi connectivity index (χ3v) is 4.24. The molecule has 3 rings (SSSR count). The summed E-state index contributed by atoms with van der Waals surface area (Å²) in [5.74, 6) is -1.81. The Morgan fingerprint density at radius 3 is 2.69 bits per heavy atom. The van der Waals surface area contributed by atoms with Gasteiger partial charge in [0.25, 0.3) is 5.91 Å². The number of rotatable bonds is 5. The lowest BCUT2D eigenvalue weighted by molar-refractivity contribution is -0.119. The molecule has 0 aliphatic rings. The Bertz CT molecular complexity index is 1120. The smallest absolute Gasteiger partial charge is 0.343 e. The first-order chi connectivity index (χ1) is 13.9. The number of hydrogen-bond acceptors (Lipinski definition) is 5. The van der Waals surface area contributed by atoms with Crippen molar-refractivity contribution in [2.45, 2.75) is 6.92 Å². The van der Waals surface area contributed by atoms with Crippen LogP contribution in [-0.2, 0) is 9.53 Å². The molecular weight excluding hydrogens is 399 g/mol. The first-order valence-corrected chi connectivity index (χ1v) is 8.75. The number of aromatic nitrogens is 2. The van der Waals surface area contributed by atoms with Crippen molar-refractivity contribution in [2.75, 3.05) is 11.9 Å². The maximum Gasteiger partial charge on any atom is 0.343 e. The molecule has 0 unspecified atom stereocenters. The van der Waals surface area contributed by atoms with E-state index < -0.39 is 24.3 Å². The predicted molar refractivity (Wildman–Crippen MR) is 103 cm³/mol. The van der Waals surface area contributed by atoms with Gasteiger partial charge >= 0.3 is 5.97 Å². The van der Waals surface area contributed by atoms with Gasteiger partial charge in [-0.2, -0.15) is 10.4 Å². The molecule has 3 aromatic rings. The van der Waals surface area contributed by atoms with Crippen molar-refractivity contribution in [1.29, 1.82) is 5.26 Å². The Kier molecular flexibility index (Phi) is 5.90. The van der Waals surface area contributed by atoms with Crippen molar-refractivity contribution >= 4 is 29.2 Å². The predicted octanol–water partition coefficient (Wildman–Crippen LogP) is 3.64. The maximum atomic E-state index is 13.1. The lowest BCUT2D eigenvalue weighted by Gasteiger charge is -2.07. The molecule has 7 nitrogen and oxygen atoms in total. The number of anilines is 1. The van der Waals surface area contributed by atoms with Crippen molar-refractivity contribution in [3.05, 3.63) is 76.3 Å². The standard InChI is InChI=1S/C20H14ClFN4O3/c1-12-18(19(21)26(25-12)16-7-5-14(22)6-8-16)20(28)29-11-17(27)24-15-4-2-3-13(9-15)10-23/h2-9H,11H2,1H3,(H,24,27). The molecule has 29 heavy (non-hydrogen) atoms. The van der Waals surface area contributed by atoms with E-state index in [-0.39, 0.29) is 10.7 Å². The molecule has 0 radical (unpaired) electrons. The molecule has 9 heteroatoms. The van der Waals surface area contributed by atoms with Crippen molar-refractivity contribution in [1.82, 2.24) is 9.78 Å². The van der Waals surface area contributed by atoms with E-state index in [4.69, 9.17) is 21.6 Å². The summed E-state index contributed by atoms with van der Waals surface area (Å²) in [7, 11) is 0. The van der Waals surface area contributed by atoms with E-state index in [2.05, 4.69) is 10.4 Å². The van der Waals surface area contributed by atoms with Gasteiger partial charge in [0.1, 0.15) is 16.5 Å². The van der Waals surface area contributed by atoms with Crippen molar-refractivity contribution in [2.24, 2.45) is 0 Å². The van der Waals surface area contributed by atoms with Gasteiger partial charge in [-0.1, -0.05) is 17.7 Å². The lowest BCUT2D eigenvalue weighted by atomic mass is 10.2. The van der Waals surface area contributed by atoms with Gasteiger partial charge in [-0.25, -0.2) is 13.9 Å². The molecule has 0 aliphatic heterocycles. The summed E-state index contributed by atoms with van der Waals surface area (Å²) in [5.41, 5.74) is 1.56. The number of nitriles is 1. The number of hydrogen-bond donors (Lipinski definition) is 1. The molecular formula is C20H14ClFN4O3. The van der Waals surface area contributed by atoms with Gasteiger partial charge in [0.05, 0.1) is 23.0 Å². The summed E-state index contributed by atoms with van der Waals surface area (Å²) in [6, 6.07) is 13.7. The summed E-state index contributed by atoms with van der Waals surface area (Å²) in [6.07, 6.45) is 0. The first-order valence-electron chi connectivity index (χ1n) is 8.37. The molecule has 0 aliphatic carbocycles. The molecule has 1 heterocycles. The van der Waals surface area contributed by atoms with Crippen LogP contribution in [0.2, 0.25) is 5.15 Å². The summed E-state index contributed by atoms with van der Waals surface area (Å²) < 4.78 is 19.4. The second kappa shape index (κ2) is 8.54. The van der Waals surface area contributed by atoms with Crippen LogP contribution in [0.25, 0.3) is 5.69 Å². The van der Waals surface area contributed by atoms with E-state index in [1.807, 2.05) is 6.07 Å². The van der Waals surface area contributed by atoms with E-state index >= 15 is 0 Å². The van der Waals surface area contributed by atoms with Gasteiger partial charge in [-0.15, -0.1) is 0 Å². The average molecular weight is 413 g/mol. The zero-order valence-corrected chi connectivity index (χ0v) is 15.9. The number of ether oxygens (including phenoxy) is 1. The van der Waals surface area contributed by atoms with Crippen LogP contribution in [0.1, 0.15) is 21.6 Å². The minimum absolute atomic E-state index is 0.00951. The zero-order chi connectivity index (χ0) is 21.0. The van der Waals surface area contributed by atoms with Crippen LogP contribution < -0.4 is 5.32 Å². The highest BCUT2D eigenvalue weighted by molar-refractivity contribution is 6.33. The molecule has 0 atom stereocenters. The third kappa shape index (κ3) is 4.59. The average Bonchev–Trinajstić information content (AvgIpc) is 3.01. The highest BCUT2D eigenvalue weighted by atomic mass is 35.5. The van der Waals surface area contributed by atoms with Crippen LogP contribution >= 0.6 is 11.6 Å². The molecule has 0 bridgehead atoms. The zero-order valence-electron chi connectivity index (χ0n) is 15.1. The van der Waals surface area contributed by atoms with Crippen LogP contribution in [0.3, 0.4) is 0 Å². The highest BCUT2D eigenvalue weighted by Crippen LogP contribution is 2.24. The summed E-state index contributed by atoms with van der Waals surface area (Å²) >= 11 is 6.25. The number of esters is 1. The van der Waals surface area contributed by atoms with Gasteiger partial charge < -0.3 is 10.1 Å². The van der Waals surface area contributed by atoms with Gasteiger partial charge in [0.2, 0.25) is 0 Å². The fourth-order valence-electron chi connectivity index (χ4n) is 2.55. The summed E-state index contributed by atoms with van der Waals surface area (Å²) in [5, 5.41) is 15.6. The van der Waals surface area contributed by atoms with E-state index in [0.29, 0.717) is 22.6 Å². The van der Waals surface area contributed by atoms with Crippen LogP contribution in [0.5, 0.6) is 0 Å². The van der Waals surface area contributed by atoms with Crippen molar-refractivity contribution in [3.63, 3.8) is 0 Å². The minimum Gasteiger partial charge on any atom is -0.452 e. The first kappa shape index (κ1) is 20.0. The molecule has 2 aromatic carbocycles. The van der Waals surface area contributed by atoms with Crippen molar-refractivity contribution in [3.8, 4) is 11.8 Å². The third-order valence-electron chi connectivity index (χ3n) is 3.89. The lowest BCUT2D eigenvalue weighted by Crippen LogP contribution is -2.21. The maximum absolute atomic E-state index is 13.1. The Hall–Kier alpha value is -3.70. The normalized spacial score (nSPS) is 10.3. The fraction of sp³-hybridized carbons (Fsp3) is 0.100. The number of aryl methyl sites for hydroxylation is 1. The Morgan fingerprint density at radius 2 is 2.00 bits per heavy atom. The van der Waals surface area contributed by atoms with Gasteiger partial charge in [0, 0.05) is 5.69 Å². The summed E-state index contributed by atoms with van der Waals surface area (Å²) in [4.78, 5) is 24.4. The molecule has 1 aromatic heterocycles. The number of carbonyl (C=O) groups is 2. The van der Waals surface area contributed by atoms with Crippen LogP contribution in [-0.4, -0.2) is 28.3 Å². The number of halogens is 2. The van der Waals surface area contributed by atoms with Gasteiger partial charge in [0.15, 0.2) is 6.61 Å². The fourth-order valence-corrected chi connectivity index (χ4v) is 2.90. The summed E-state index contributed by atoms with van der Waals surface area (Å²) in [6.45, 7) is 1.02. The second-order valence-electron chi connectivity index (χ2n) is 5.96. The topological polar surface area (TPSA) is 97.0 Å². The molecule has 0 saturated carbocycles.